The van der Waals surface area contributed by atoms with Crippen LogP contribution in [0.25, 0.3) is 11.5 Å². The second-order valence-electron chi connectivity index (χ2n) is 6.57. The molecule has 0 aliphatic carbocycles. The van der Waals surface area contributed by atoms with Crippen LogP contribution in [0.3, 0.4) is 0 Å². The van der Waals surface area contributed by atoms with Gasteiger partial charge in [0.2, 0.25) is 0 Å². The zero-order valence-electron chi connectivity index (χ0n) is 15.4. The number of anilines is 1. The maximum absolute atomic E-state index is 12.4. The van der Waals surface area contributed by atoms with E-state index in [4.69, 9.17) is 4.52 Å². The third-order valence-corrected chi connectivity index (χ3v) is 4.83. The minimum atomic E-state index is -0.182. The van der Waals surface area contributed by atoms with E-state index in [-0.39, 0.29) is 11.9 Å². The average Bonchev–Trinajstić information content (AvgIpc) is 3.14. The van der Waals surface area contributed by atoms with Gasteiger partial charge in [-0.3, -0.25) is 0 Å². The van der Waals surface area contributed by atoms with Gasteiger partial charge in [0.15, 0.2) is 5.82 Å². The fraction of sp³-hybridized carbons (Fsp3) is 0.250. The first kappa shape index (κ1) is 19.1. The van der Waals surface area contributed by atoms with E-state index in [0.29, 0.717) is 23.9 Å². The van der Waals surface area contributed by atoms with Crippen LogP contribution in [0.4, 0.5) is 10.5 Å². The molecule has 0 aliphatic heterocycles. The Kier molecular flexibility index (Phi) is 5.91. The summed E-state index contributed by atoms with van der Waals surface area (Å²) in [5.74, 6) is 1.36. The number of hydrogen-bond acceptors (Lipinski definition) is 4. The molecule has 2 amide bonds. The molecule has 0 saturated carbocycles. The smallest absolute Gasteiger partial charge is 0.321 e. The number of halogens is 1. The maximum Gasteiger partial charge on any atom is 0.321 e. The van der Waals surface area contributed by atoms with Crippen molar-refractivity contribution in [3.8, 4) is 11.5 Å². The van der Waals surface area contributed by atoms with Crippen molar-refractivity contribution in [1.82, 2.24) is 15.0 Å². The van der Waals surface area contributed by atoms with Gasteiger partial charge in [-0.15, -0.1) is 0 Å². The van der Waals surface area contributed by atoms with E-state index in [0.717, 1.165) is 15.6 Å². The van der Waals surface area contributed by atoms with Crippen molar-refractivity contribution in [3.63, 3.8) is 0 Å². The summed E-state index contributed by atoms with van der Waals surface area (Å²) in [5, 5.41) is 6.86. The lowest BCUT2D eigenvalue weighted by Crippen LogP contribution is -2.30. The van der Waals surface area contributed by atoms with E-state index >= 15 is 0 Å². The molecule has 1 aromatic heterocycles. The van der Waals surface area contributed by atoms with Crippen molar-refractivity contribution >= 4 is 27.6 Å². The van der Waals surface area contributed by atoms with Crippen LogP contribution in [0.1, 0.15) is 31.2 Å². The third kappa shape index (κ3) is 4.74. The Hall–Kier alpha value is -2.67. The normalized spacial score (nSPS) is 10.9. The highest BCUT2D eigenvalue weighted by Crippen LogP contribution is 2.22. The summed E-state index contributed by atoms with van der Waals surface area (Å²) in [5.41, 5.74) is 2.56. The number of urea groups is 1. The minimum absolute atomic E-state index is 0.182. The van der Waals surface area contributed by atoms with Crippen molar-refractivity contribution in [2.24, 2.45) is 0 Å². The molecule has 0 saturated heterocycles. The van der Waals surface area contributed by atoms with Crippen LogP contribution in [-0.4, -0.2) is 28.1 Å². The molecule has 7 heteroatoms. The van der Waals surface area contributed by atoms with Crippen LogP contribution in [-0.2, 0) is 6.54 Å². The Bertz CT molecular complexity index is 922. The topological polar surface area (TPSA) is 71.3 Å². The fourth-order valence-electron chi connectivity index (χ4n) is 2.46. The molecule has 0 unspecified atom stereocenters. The van der Waals surface area contributed by atoms with Gasteiger partial charge in [0, 0.05) is 35.2 Å². The lowest BCUT2D eigenvalue weighted by molar-refractivity contribution is 0.220. The molecule has 3 rings (SSSR count). The molecule has 0 bridgehead atoms. The Morgan fingerprint density at radius 2 is 1.89 bits per heavy atom. The molecule has 1 heterocycles. The molecule has 0 fully saturated rings. The lowest BCUT2D eigenvalue weighted by Gasteiger charge is -2.19. The second kappa shape index (κ2) is 8.35. The van der Waals surface area contributed by atoms with Gasteiger partial charge < -0.3 is 14.7 Å². The molecule has 3 aromatic rings. The number of nitrogens with zero attached hydrogens (tertiary/aromatic N) is 3. The molecule has 140 valence electrons. The van der Waals surface area contributed by atoms with E-state index in [1.54, 1.807) is 11.9 Å². The van der Waals surface area contributed by atoms with Gasteiger partial charge in [0.1, 0.15) is 0 Å². The maximum atomic E-state index is 12.4. The van der Waals surface area contributed by atoms with Crippen LogP contribution in [0.15, 0.2) is 57.5 Å². The van der Waals surface area contributed by atoms with Crippen molar-refractivity contribution in [1.29, 1.82) is 0 Å². The van der Waals surface area contributed by atoms with Crippen LogP contribution in [0, 0.1) is 0 Å². The van der Waals surface area contributed by atoms with E-state index < -0.39 is 0 Å². The van der Waals surface area contributed by atoms with Crippen molar-refractivity contribution in [2.45, 2.75) is 26.3 Å². The Morgan fingerprint density at radius 1 is 1.19 bits per heavy atom. The molecule has 1 N–H and O–H groups in total. The fourth-order valence-corrected chi connectivity index (χ4v) is 2.87. The zero-order chi connectivity index (χ0) is 19.4. The van der Waals surface area contributed by atoms with Crippen molar-refractivity contribution < 1.29 is 9.32 Å². The summed E-state index contributed by atoms with van der Waals surface area (Å²) >= 11 is 3.50. The summed E-state index contributed by atoms with van der Waals surface area (Å²) in [6, 6.07) is 15.0. The van der Waals surface area contributed by atoms with Crippen LogP contribution in [0.2, 0.25) is 0 Å². The summed E-state index contributed by atoms with van der Waals surface area (Å²) in [6.45, 7) is 4.53. The predicted molar refractivity (Wildman–Crippen MR) is 108 cm³/mol. The van der Waals surface area contributed by atoms with E-state index in [1.807, 2.05) is 62.4 Å². The number of carbonyl (C=O) groups excluding carboxylic acids is 1. The van der Waals surface area contributed by atoms with Crippen LogP contribution >= 0.6 is 15.9 Å². The molecule has 0 radical (unpaired) electrons. The molecule has 2 aromatic carbocycles. The first-order chi connectivity index (χ1) is 12.9. The van der Waals surface area contributed by atoms with Gasteiger partial charge >= 0.3 is 6.03 Å². The highest BCUT2D eigenvalue weighted by molar-refractivity contribution is 9.10. The SMILES string of the molecule is CC(C)c1noc(-c2ccc(NC(=O)N(C)Cc3ccccc3Br)cc2)n1. The standard InChI is InChI=1S/C20H21BrN4O2/c1-13(2)18-23-19(27-24-18)14-8-10-16(11-9-14)22-20(26)25(3)12-15-6-4-5-7-17(15)21/h4-11,13H,12H2,1-3H3,(H,22,26). The minimum Gasteiger partial charge on any atom is -0.334 e. The first-order valence-electron chi connectivity index (χ1n) is 8.63. The number of amides is 2. The Balaban J connectivity index is 1.63. The quantitative estimate of drug-likeness (QED) is 0.599. The van der Waals surface area contributed by atoms with Crippen LogP contribution < -0.4 is 5.32 Å². The highest BCUT2D eigenvalue weighted by atomic mass is 79.9. The number of aromatic nitrogens is 2. The summed E-state index contributed by atoms with van der Waals surface area (Å²) in [4.78, 5) is 18.4. The third-order valence-electron chi connectivity index (χ3n) is 4.05. The number of benzene rings is 2. The number of nitrogens with one attached hydrogen (secondary N) is 1. The highest BCUT2D eigenvalue weighted by Gasteiger charge is 2.13. The van der Waals surface area contributed by atoms with E-state index in [1.165, 1.54) is 0 Å². The Morgan fingerprint density at radius 3 is 2.52 bits per heavy atom. The summed E-state index contributed by atoms with van der Waals surface area (Å²) < 4.78 is 6.27. The van der Waals surface area contributed by atoms with Gasteiger partial charge in [-0.1, -0.05) is 53.1 Å². The second-order valence-corrected chi connectivity index (χ2v) is 7.42. The summed E-state index contributed by atoms with van der Waals surface area (Å²) in [7, 11) is 1.76. The predicted octanol–water partition coefficient (Wildman–Crippen LogP) is 5.29. The van der Waals surface area contributed by atoms with E-state index in [2.05, 4.69) is 31.4 Å². The molecule has 6 nitrogen and oxygen atoms in total. The molecular weight excluding hydrogens is 408 g/mol. The molecule has 27 heavy (non-hydrogen) atoms. The van der Waals surface area contributed by atoms with Gasteiger partial charge in [-0.05, 0) is 35.9 Å². The van der Waals surface area contributed by atoms with Crippen molar-refractivity contribution in [3.05, 3.63) is 64.4 Å². The number of carbonyl (C=O) groups is 1. The van der Waals surface area contributed by atoms with Gasteiger partial charge in [0.25, 0.3) is 5.89 Å². The number of hydrogen-bond donors (Lipinski definition) is 1. The van der Waals surface area contributed by atoms with Crippen molar-refractivity contribution in [2.75, 3.05) is 12.4 Å². The monoisotopic (exact) mass is 428 g/mol. The largest absolute Gasteiger partial charge is 0.334 e. The van der Waals surface area contributed by atoms with Gasteiger partial charge in [0.05, 0.1) is 0 Å². The molecular formula is C20H21BrN4O2. The first-order valence-corrected chi connectivity index (χ1v) is 9.43. The average molecular weight is 429 g/mol. The van der Waals surface area contributed by atoms with Gasteiger partial charge in [-0.25, -0.2) is 4.79 Å². The van der Waals surface area contributed by atoms with Crippen LogP contribution in [0.5, 0.6) is 0 Å². The Labute approximate surface area is 166 Å². The summed E-state index contributed by atoms with van der Waals surface area (Å²) in [6.07, 6.45) is 0. The van der Waals surface area contributed by atoms with E-state index in [9.17, 15) is 4.79 Å². The molecule has 0 spiro atoms. The number of rotatable bonds is 5. The zero-order valence-corrected chi connectivity index (χ0v) is 17.0. The lowest BCUT2D eigenvalue weighted by atomic mass is 10.2. The van der Waals surface area contributed by atoms with Gasteiger partial charge in [-0.2, -0.15) is 4.98 Å². The molecule has 0 aliphatic rings. The molecule has 0 atom stereocenters.